The van der Waals surface area contributed by atoms with E-state index in [9.17, 15) is 13.2 Å². The van der Waals surface area contributed by atoms with Crippen LogP contribution in [0.15, 0.2) is 29.2 Å². The molecule has 6 heteroatoms. The van der Waals surface area contributed by atoms with E-state index in [1.807, 2.05) is 0 Å². The van der Waals surface area contributed by atoms with Gasteiger partial charge >= 0.3 is 0 Å². The first-order valence-corrected chi connectivity index (χ1v) is 11.2. The number of halogens is 2. The Hall–Kier alpha value is -1.30. The zero-order valence-electron chi connectivity index (χ0n) is 15.5. The van der Waals surface area contributed by atoms with Crippen molar-refractivity contribution in [1.82, 2.24) is 0 Å². The lowest BCUT2D eigenvalue weighted by Gasteiger charge is -2.24. The van der Waals surface area contributed by atoms with Crippen molar-refractivity contribution in [2.45, 2.75) is 62.2 Å². The molecular weight excluding hydrogens is 358 g/mol. The fourth-order valence-corrected chi connectivity index (χ4v) is 5.43. The van der Waals surface area contributed by atoms with Crippen LogP contribution in [-0.2, 0) is 20.0 Å². The lowest BCUT2D eigenvalue weighted by atomic mass is 9.77. The van der Waals surface area contributed by atoms with Gasteiger partial charge in [0, 0.05) is 18.1 Å². The third kappa shape index (κ3) is 2.81. The van der Waals surface area contributed by atoms with Crippen LogP contribution in [0.25, 0.3) is 0 Å². The van der Waals surface area contributed by atoms with Crippen LogP contribution in [-0.4, -0.2) is 26.4 Å². The minimum Gasteiger partial charge on any atom is -0.298 e. The normalized spacial score (nSPS) is 28.9. The van der Waals surface area contributed by atoms with Gasteiger partial charge in [-0.2, -0.15) is 0 Å². The number of rotatable bonds is 5. The number of benzene rings is 1. The number of carbonyl (C=O) groups excluding carboxylic acids is 1. The Morgan fingerprint density at radius 3 is 2.08 bits per heavy atom. The highest BCUT2D eigenvalue weighted by Crippen LogP contribution is 2.72. The standard InChI is InChI=1S/C20H26F2O3S/c1-13(2)18(23)19(15-9-11-16(12-10-15)26(3,24)25)17(20(19,21)22)14-7-5-4-6-8-14/h9-14,17H,4-8H2,1-3H3/t17-,19+/m0/s1. The zero-order valence-corrected chi connectivity index (χ0v) is 16.3. The number of hydrogen-bond donors (Lipinski definition) is 0. The Bertz CT molecular complexity index is 793. The number of Topliss-reactive ketones (excluding diaryl/α,β-unsaturated/α-hetero) is 1. The molecule has 1 aromatic carbocycles. The summed E-state index contributed by atoms with van der Waals surface area (Å²) in [5.74, 6) is -5.16. The van der Waals surface area contributed by atoms with Crippen molar-refractivity contribution >= 4 is 15.6 Å². The summed E-state index contributed by atoms with van der Waals surface area (Å²) in [6, 6.07) is 5.50. The summed E-state index contributed by atoms with van der Waals surface area (Å²) in [5.41, 5.74) is -1.55. The van der Waals surface area contributed by atoms with Crippen LogP contribution < -0.4 is 0 Å². The summed E-state index contributed by atoms with van der Waals surface area (Å²) in [7, 11) is -3.42. The average Bonchev–Trinajstić information content (AvgIpc) is 3.11. The molecule has 0 saturated heterocycles. The SMILES string of the molecule is CC(C)C(=O)[C@@]1(c2ccc(S(C)(=O)=O)cc2)[C@H](C2CCCCC2)C1(F)F. The fraction of sp³-hybridized carbons (Fsp3) is 0.650. The lowest BCUT2D eigenvalue weighted by Crippen LogP contribution is -2.32. The summed E-state index contributed by atoms with van der Waals surface area (Å²) >= 11 is 0. The molecule has 2 saturated carbocycles. The molecule has 0 N–H and O–H groups in total. The van der Waals surface area contributed by atoms with E-state index in [0.717, 1.165) is 38.4 Å². The Morgan fingerprint density at radius 2 is 1.62 bits per heavy atom. The van der Waals surface area contributed by atoms with E-state index < -0.39 is 38.8 Å². The van der Waals surface area contributed by atoms with Crippen LogP contribution in [0.1, 0.15) is 51.5 Å². The molecule has 2 atom stereocenters. The first-order valence-electron chi connectivity index (χ1n) is 9.27. The number of sulfone groups is 1. The van der Waals surface area contributed by atoms with Crippen molar-refractivity contribution in [3.8, 4) is 0 Å². The molecule has 0 spiro atoms. The summed E-state index contributed by atoms with van der Waals surface area (Å²) in [6.07, 6.45) is 5.45. The van der Waals surface area contributed by atoms with Gasteiger partial charge in [0.1, 0.15) is 5.41 Å². The van der Waals surface area contributed by atoms with Gasteiger partial charge in [0.05, 0.1) is 4.90 Å². The minimum atomic E-state index is -3.42. The Kier molecular flexibility index (Phi) is 4.79. The molecule has 0 aromatic heterocycles. The molecule has 2 aliphatic carbocycles. The van der Waals surface area contributed by atoms with Gasteiger partial charge in [-0.3, -0.25) is 4.79 Å². The van der Waals surface area contributed by atoms with Crippen molar-refractivity contribution in [2.75, 3.05) is 6.26 Å². The average molecular weight is 384 g/mol. The quantitative estimate of drug-likeness (QED) is 0.756. The lowest BCUT2D eigenvalue weighted by molar-refractivity contribution is -0.127. The third-order valence-corrected chi connectivity index (χ3v) is 7.20. The highest BCUT2D eigenvalue weighted by atomic mass is 32.2. The van der Waals surface area contributed by atoms with Gasteiger partial charge in [0.2, 0.25) is 0 Å². The van der Waals surface area contributed by atoms with E-state index in [4.69, 9.17) is 0 Å². The maximum Gasteiger partial charge on any atom is 0.269 e. The van der Waals surface area contributed by atoms with Crippen molar-refractivity contribution in [1.29, 1.82) is 0 Å². The third-order valence-electron chi connectivity index (χ3n) is 6.07. The van der Waals surface area contributed by atoms with Crippen molar-refractivity contribution < 1.29 is 22.0 Å². The summed E-state index contributed by atoms with van der Waals surface area (Å²) in [4.78, 5) is 13.1. The van der Waals surface area contributed by atoms with Crippen LogP contribution in [0.4, 0.5) is 8.78 Å². The van der Waals surface area contributed by atoms with E-state index in [0.29, 0.717) is 0 Å². The number of alkyl halides is 2. The van der Waals surface area contributed by atoms with Gasteiger partial charge in [0.25, 0.3) is 5.92 Å². The molecule has 0 heterocycles. The van der Waals surface area contributed by atoms with Crippen LogP contribution in [0.3, 0.4) is 0 Å². The summed E-state index contributed by atoms with van der Waals surface area (Å²) in [5, 5.41) is 0. The van der Waals surface area contributed by atoms with E-state index in [1.165, 1.54) is 24.3 Å². The largest absolute Gasteiger partial charge is 0.298 e. The molecule has 0 unspecified atom stereocenters. The van der Waals surface area contributed by atoms with Gasteiger partial charge in [-0.1, -0.05) is 45.2 Å². The second kappa shape index (κ2) is 6.39. The molecular formula is C20H26F2O3S. The van der Waals surface area contributed by atoms with E-state index >= 15 is 8.78 Å². The predicted molar refractivity (Wildman–Crippen MR) is 96.1 cm³/mol. The molecule has 1 aromatic rings. The van der Waals surface area contributed by atoms with Gasteiger partial charge in [0.15, 0.2) is 15.6 Å². The molecule has 144 valence electrons. The minimum absolute atomic E-state index is 0.0755. The smallest absolute Gasteiger partial charge is 0.269 e. The maximum atomic E-state index is 15.2. The van der Waals surface area contributed by atoms with Crippen LogP contribution in [0, 0.1) is 17.8 Å². The second-order valence-electron chi connectivity index (χ2n) is 8.12. The molecule has 2 aliphatic rings. The molecule has 3 rings (SSSR count). The zero-order chi connectivity index (χ0) is 19.3. The van der Waals surface area contributed by atoms with Crippen molar-refractivity contribution in [3.05, 3.63) is 29.8 Å². The van der Waals surface area contributed by atoms with Gasteiger partial charge in [-0.05, 0) is 36.5 Å². The van der Waals surface area contributed by atoms with Crippen molar-refractivity contribution in [2.24, 2.45) is 17.8 Å². The van der Waals surface area contributed by atoms with Gasteiger partial charge < -0.3 is 0 Å². The molecule has 0 bridgehead atoms. The van der Waals surface area contributed by atoms with E-state index in [-0.39, 0.29) is 16.4 Å². The van der Waals surface area contributed by atoms with Crippen LogP contribution in [0.5, 0.6) is 0 Å². The Labute approximate surface area is 154 Å². The molecule has 26 heavy (non-hydrogen) atoms. The number of ketones is 1. The molecule has 2 fully saturated rings. The fourth-order valence-electron chi connectivity index (χ4n) is 4.80. The van der Waals surface area contributed by atoms with Gasteiger partial charge in [-0.15, -0.1) is 0 Å². The number of hydrogen-bond acceptors (Lipinski definition) is 3. The highest BCUT2D eigenvalue weighted by molar-refractivity contribution is 7.90. The highest BCUT2D eigenvalue weighted by Gasteiger charge is 2.85. The van der Waals surface area contributed by atoms with Crippen molar-refractivity contribution in [3.63, 3.8) is 0 Å². The van der Waals surface area contributed by atoms with Crippen LogP contribution in [0.2, 0.25) is 0 Å². The summed E-state index contributed by atoms with van der Waals surface area (Å²) < 4.78 is 53.7. The first kappa shape index (κ1) is 19.5. The Balaban J connectivity index is 2.07. The summed E-state index contributed by atoms with van der Waals surface area (Å²) in [6.45, 7) is 3.31. The first-order chi connectivity index (χ1) is 12.0. The van der Waals surface area contributed by atoms with E-state index in [2.05, 4.69) is 0 Å². The second-order valence-corrected chi connectivity index (χ2v) is 10.1. The molecule has 0 aliphatic heterocycles. The molecule has 0 amide bonds. The maximum absolute atomic E-state index is 15.2. The monoisotopic (exact) mass is 384 g/mol. The molecule has 3 nitrogen and oxygen atoms in total. The van der Waals surface area contributed by atoms with Crippen LogP contribution >= 0.6 is 0 Å². The Morgan fingerprint density at radius 1 is 1.08 bits per heavy atom. The van der Waals surface area contributed by atoms with Gasteiger partial charge in [-0.25, -0.2) is 17.2 Å². The van der Waals surface area contributed by atoms with E-state index in [1.54, 1.807) is 13.8 Å². The predicted octanol–water partition coefficient (Wildman–Crippen LogP) is 4.40. The number of carbonyl (C=O) groups is 1. The topological polar surface area (TPSA) is 51.2 Å². The molecule has 0 radical (unpaired) electrons.